The number of hydrogen-bond donors (Lipinski definition) is 2. The number of sulfonamides is 1. The van der Waals surface area contributed by atoms with Crippen LogP contribution in [0.3, 0.4) is 0 Å². The Kier molecular flexibility index (Phi) is 4.82. The van der Waals surface area contributed by atoms with Gasteiger partial charge in [-0.05, 0) is 43.5 Å². The Balaban J connectivity index is 2.02. The first kappa shape index (κ1) is 14.3. The van der Waals surface area contributed by atoms with E-state index in [1.54, 1.807) is 0 Å². The van der Waals surface area contributed by atoms with E-state index in [1.165, 1.54) is 5.56 Å². The second-order valence-electron chi connectivity index (χ2n) is 5.06. The highest BCUT2D eigenvalue weighted by molar-refractivity contribution is 7.93. The Labute approximate surface area is 115 Å². The lowest BCUT2D eigenvalue weighted by atomic mass is 10.1. The molecule has 1 saturated heterocycles. The van der Waals surface area contributed by atoms with Crippen LogP contribution in [-0.2, 0) is 16.4 Å². The molecule has 0 aromatic heterocycles. The Bertz CT molecular complexity index is 491. The molecular weight excluding hydrogens is 260 g/mol. The van der Waals surface area contributed by atoms with Crippen LogP contribution in [0.2, 0.25) is 0 Å². The molecule has 2 N–H and O–H groups in total. The predicted molar refractivity (Wildman–Crippen MR) is 78.9 cm³/mol. The van der Waals surface area contributed by atoms with Gasteiger partial charge in [-0.15, -0.1) is 0 Å². The van der Waals surface area contributed by atoms with Crippen molar-refractivity contribution in [2.75, 3.05) is 17.8 Å². The van der Waals surface area contributed by atoms with E-state index < -0.39 is 10.0 Å². The number of nitrogens with one attached hydrogen (secondary N) is 2. The van der Waals surface area contributed by atoms with Crippen LogP contribution in [0.4, 0.5) is 5.69 Å². The van der Waals surface area contributed by atoms with Gasteiger partial charge in [0, 0.05) is 12.2 Å². The maximum atomic E-state index is 12.2. The van der Waals surface area contributed by atoms with Gasteiger partial charge in [-0.25, -0.2) is 8.42 Å². The van der Waals surface area contributed by atoms with Crippen LogP contribution in [0.1, 0.15) is 31.7 Å². The topological polar surface area (TPSA) is 58.2 Å². The van der Waals surface area contributed by atoms with E-state index in [0.717, 1.165) is 32.2 Å². The van der Waals surface area contributed by atoms with Gasteiger partial charge < -0.3 is 5.32 Å². The van der Waals surface area contributed by atoms with E-state index in [9.17, 15) is 8.42 Å². The fourth-order valence-electron chi connectivity index (χ4n) is 2.36. The summed E-state index contributed by atoms with van der Waals surface area (Å²) in [6.45, 7) is 3.59. The standard InChI is InChI=1S/C14H22N2O2S/c1-2-4-12-6-8-13(9-7-12)16-19(17,18)14-5-3-10-15-11-14/h6-9,14-16H,2-5,10-11H2,1H3. The third kappa shape index (κ3) is 3.94. The minimum Gasteiger partial charge on any atom is -0.315 e. The molecule has 0 bridgehead atoms. The van der Waals surface area contributed by atoms with Crippen molar-refractivity contribution < 1.29 is 8.42 Å². The predicted octanol–water partition coefficient (Wildman–Crippen LogP) is 2.13. The molecule has 0 aliphatic carbocycles. The molecule has 0 saturated carbocycles. The van der Waals surface area contributed by atoms with Crippen molar-refractivity contribution in [3.8, 4) is 0 Å². The van der Waals surface area contributed by atoms with Crippen molar-refractivity contribution in [3.63, 3.8) is 0 Å². The molecule has 1 aromatic carbocycles. The van der Waals surface area contributed by atoms with Crippen LogP contribution in [0.25, 0.3) is 0 Å². The highest BCUT2D eigenvalue weighted by atomic mass is 32.2. The molecule has 1 unspecified atom stereocenters. The van der Waals surface area contributed by atoms with Crippen LogP contribution < -0.4 is 10.0 Å². The maximum absolute atomic E-state index is 12.2. The SMILES string of the molecule is CCCc1ccc(NS(=O)(=O)C2CCCNC2)cc1. The van der Waals surface area contributed by atoms with Crippen molar-refractivity contribution in [2.24, 2.45) is 0 Å². The number of benzene rings is 1. The summed E-state index contributed by atoms with van der Waals surface area (Å²) in [6, 6.07) is 7.67. The highest BCUT2D eigenvalue weighted by Gasteiger charge is 2.26. The molecule has 1 aliphatic heterocycles. The summed E-state index contributed by atoms with van der Waals surface area (Å²) in [4.78, 5) is 0. The zero-order valence-corrected chi connectivity index (χ0v) is 12.2. The lowest BCUT2D eigenvalue weighted by molar-refractivity contribution is 0.499. The third-order valence-electron chi connectivity index (χ3n) is 3.44. The van der Waals surface area contributed by atoms with Gasteiger partial charge in [0.15, 0.2) is 0 Å². The number of rotatable bonds is 5. The minimum absolute atomic E-state index is 0.323. The molecule has 0 amide bonds. The van der Waals surface area contributed by atoms with E-state index in [1.807, 2.05) is 24.3 Å². The lowest BCUT2D eigenvalue weighted by Gasteiger charge is -2.23. The molecular formula is C14H22N2O2S. The highest BCUT2D eigenvalue weighted by Crippen LogP contribution is 2.17. The summed E-state index contributed by atoms with van der Waals surface area (Å²) >= 11 is 0. The van der Waals surface area contributed by atoms with Crippen molar-refractivity contribution in [1.29, 1.82) is 0 Å². The number of anilines is 1. The summed E-state index contributed by atoms with van der Waals surface area (Å²) in [5, 5.41) is 2.81. The monoisotopic (exact) mass is 282 g/mol. The number of hydrogen-bond acceptors (Lipinski definition) is 3. The van der Waals surface area contributed by atoms with Crippen LogP contribution >= 0.6 is 0 Å². The average Bonchev–Trinajstić information content (AvgIpc) is 2.42. The maximum Gasteiger partial charge on any atom is 0.236 e. The van der Waals surface area contributed by atoms with E-state index in [4.69, 9.17) is 0 Å². The molecule has 19 heavy (non-hydrogen) atoms. The fraction of sp³-hybridized carbons (Fsp3) is 0.571. The molecule has 4 nitrogen and oxygen atoms in total. The van der Waals surface area contributed by atoms with E-state index in [0.29, 0.717) is 12.2 Å². The summed E-state index contributed by atoms with van der Waals surface area (Å²) in [5.41, 5.74) is 1.90. The summed E-state index contributed by atoms with van der Waals surface area (Å²) in [5.74, 6) is 0. The molecule has 1 fully saturated rings. The van der Waals surface area contributed by atoms with Gasteiger partial charge in [-0.3, -0.25) is 4.72 Å². The second kappa shape index (κ2) is 6.39. The third-order valence-corrected chi connectivity index (χ3v) is 5.24. The fourth-order valence-corrected chi connectivity index (χ4v) is 3.81. The zero-order chi connectivity index (χ0) is 13.7. The Morgan fingerprint density at radius 1 is 1.32 bits per heavy atom. The van der Waals surface area contributed by atoms with E-state index in [-0.39, 0.29) is 5.25 Å². The van der Waals surface area contributed by atoms with Gasteiger partial charge in [0.05, 0.1) is 5.25 Å². The normalized spacial score (nSPS) is 20.2. The molecule has 5 heteroatoms. The Morgan fingerprint density at radius 2 is 2.05 bits per heavy atom. The summed E-state index contributed by atoms with van der Waals surface area (Å²) in [7, 11) is -3.27. The zero-order valence-electron chi connectivity index (χ0n) is 11.4. The van der Waals surface area contributed by atoms with Crippen molar-refractivity contribution >= 4 is 15.7 Å². The quantitative estimate of drug-likeness (QED) is 0.870. The summed E-state index contributed by atoms with van der Waals surface area (Å²) in [6.07, 6.45) is 3.77. The van der Waals surface area contributed by atoms with Crippen molar-refractivity contribution in [1.82, 2.24) is 5.32 Å². The van der Waals surface area contributed by atoms with Crippen LogP contribution in [0.15, 0.2) is 24.3 Å². The Hall–Kier alpha value is -1.07. The number of aryl methyl sites for hydroxylation is 1. The van der Waals surface area contributed by atoms with Gasteiger partial charge in [0.1, 0.15) is 0 Å². The van der Waals surface area contributed by atoms with Gasteiger partial charge >= 0.3 is 0 Å². The molecule has 1 atom stereocenters. The summed E-state index contributed by atoms with van der Waals surface area (Å²) < 4.78 is 27.1. The first-order chi connectivity index (χ1) is 9.12. The molecule has 1 heterocycles. The van der Waals surface area contributed by atoms with Gasteiger partial charge in [0.2, 0.25) is 10.0 Å². The van der Waals surface area contributed by atoms with Crippen molar-refractivity contribution in [3.05, 3.63) is 29.8 Å². The smallest absolute Gasteiger partial charge is 0.236 e. The minimum atomic E-state index is -3.27. The number of piperidine rings is 1. The van der Waals surface area contributed by atoms with Crippen LogP contribution in [0, 0.1) is 0 Å². The lowest BCUT2D eigenvalue weighted by Crippen LogP contribution is -2.41. The average molecular weight is 282 g/mol. The molecule has 0 spiro atoms. The van der Waals surface area contributed by atoms with Gasteiger partial charge in [-0.2, -0.15) is 0 Å². The Morgan fingerprint density at radius 3 is 2.63 bits per heavy atom. The molecule has 1 aromatic rings. The van der Waals surface area contributed by atoms with E-state index >= 15 is 0 Å². The van der Waals surface area contributed by atoms with Gasteiger partial charge in [-0.1, -0.05) is 25.5 Å². The van der Waals surface area contributed by atoms with E-state index in [2.05, 4.69) is 17.0 Å². The first-order valence-corrected chi connectivity index (χ1v) is 8.48. The van der Waals surface area contributed by atoms with Crippen LogP contribution in [0.5, 0.6) is 0 Å². The van der Waals surface area contributed by atoms with Crippen LogP contribution in [-0.4, -0.2) is 26.8 Å². The molecule has 1 aliphatic rings. The molecule has 0 radical (unpaired) electrons. The largest absolute Gasteiger partial charge is 0.315 e. The molecule has 106 valence electrons. The molecule has 2 rings (SSSR count). The second-order valence-corrected chi connectivity index (χ2v) is 7.02. The van der Waals surface area contributed by atoms with Gasteiger partial charge in [0.25, 0.3) is 0 Å². The van der Waals surface area contributed by atoms with Crippen molar-refractivity contribution in [2.45, 2.75) is 37.9 Å². The first-order valence-electron chi connectivity index (χ1n) is 6.93.